The lowest BCUT2D eigenvalue weighted by Crippen LogP contribution is -2.31. The summed E-state index contributed by atoms with van der Waals surface area (Å²) in [7, 11) is 0. The SMILES string of the molecule is O=C(C1=C(O)C(=O)N(c2ccc(F)cc2)C1c1cccc(O)c1)c1ccco1. The van der Waals surface area contributed by atoms with Crippen molar-refractivity contribution in [3.05, 3.63) is 95.4 Å². The minimum atomic E-state index is -1.03. The van der Waals surface area contributed by atoms with Gasteiger partial charge in [-0.2, -0.15) is 0 Å². The number of nitrogens with zero attached hydrogens (tertiary/aromatic N) is 1. The van der Waals surface area contributed by atoms with Crippen LogP contribution in [0.3, 0.4) is 0 Å². The van der Waals surface area contributed by atoms with E-state index in [1.54, 1.807) is 12.1 Å². The van der Waals surface area contributed by atoms with E-state index in [4.69, 9.17) is 4.42 Å². The van der Waals surface area contributed by atoms with Crippen LogP contribution in [-0.2, 0) is 4.79 Å². The van der Waals surface area contributed by atoms with Gasteiger partial charge in [0.1, 0.15) is 11.6 Å². The average Bonchev–Trinajstić information content (AvgIpc) is 3.30. The van der Waals surface area contributed by atoms with Crippen molar-refractivity contribution in [2.24, 2.45) is 0 Å². The Bertz CT molecular complexity index is 1090. The monoisotopic (exact) mass is 379 g/mol. The van der Waals surface area contributed by atoms with E-state index >= 15 is 0 Å². The normalized spacial score (nSPS) is 16.7. The number of carbonyl (C=O) groups is 2. The zero-order valence-electron chi connectivity index (χ0n) is 14.4. The fourth-order valence-corrected chi connectivity index (χ4v) is 3.26. The van der Waals surface area contributed by atoms with E-state index in [9.17, 15) is 24.2 Å². The molecular weight excluding hydrogens is 365 g/mol. The first-order valence-electron chi connectivity index (χ1n) is 8.37. The van der Waals surface area contributed by atoms with Crippen molar-refractivity contribution in [1.82, 2.24) is 0 Å². The summed E-state index contributed by atoms with van der Waals surface area (Å²) in [5.41, 5.74) is 0.500. The van der Waals surface area contributed by atoms with Gasteiger partial charge in [-0.25, -0.2) is 4.39 Å². The van der Waals surface area contributed by atoms with E-state index in [0.29, 0.717) is 5.56 Å². The van der Waals surface area contributed by atoms with Crippen LogP contribution >= 0.6 is 0 Å². The van der Waals surface area contributed by atoms with Crippen molar-refractivity contribution < 1.29 is 28.6 Å². The van der Waals surface area contributed by atoms with E-state index in [0.717, 1.165) is 0 Å². The number of aliphatic hydroxyl groups is 1. The van der Waals surface area contributed by atoms with Gasteiger partial charge < -0.3 is 14.6 Å². The van der Waals surface area contributed by atoms with Gasteiger partial charge in [0.25, 0.3) is 5.91 Å². The number of Topliss-reactive ketones (excluding diaryl/α,β-unsaturated/α-hetero) is 1. The lowest BCUT2D eigenvalue weighted by atomic mass is 9.94. The van der Waals surface area contributed by atoms with E-state index in [1.807, 2.05) is 0 Å². The molecule has 4 rings (SSSR count). The number of furan rings is 1. The highest BCUT2D eigenvalue weighted by molar-refractivity contribution is 6.20. The Hall–Kier alpha value is -3.87. The van der Waals surface area contributed by atoms with Gasteiger partial charge >= 0.3 is 0 Å². The summed E-state index contributed by atoms with van der Waals surface area (Å²) in [6, 6.07) is 13.0. The molecule has 0 saturated carbocycles. The molecule has 2 aromatic carbocycles. The highest BCUT2D eigenvalue weighted by Crippen LogP contribution is 2.42. The van der Waals surface area contributed by atoms with Gasteiger partial charge in [-0.1, -0.05) is 12.1 Å². The van der Waals surface area contributed by atoms with Crippen molar-refractivity contribution >= 4 is 17.4 Å². The first kappa shape index (κ1) is 17.5. The fourth-order valence-electron chi connectivity index (χ4n) is 3.26. The first-order chi connectivity index (χ1) is 13.5. The van der Waals surface area contributed by atoms with Crippen molar-refractivity contribution in [1.29, 1.82) is 0 Å². The van der Waals surface area contributed by atoms with E-state index in [2.05, 4.69) is 0 Å². The second-order valence-corrected chi connectivity index (χ2v) is 6.22. The molecule has 0 radical (unpaired) electrons. The van der Waals surface area contributed by atoms with Crippen LogP contribution in [0.4, 0.5) is 10.1 Å². The second kappa shape index (κ2) is 6.70. The zero-order valence-corrected chi connectivity index (χ0v) is 14.4. The number of phenols is 1. The lowest BCUT2D eigenvalue weighted by Gasteiger charge is -2.26. The number of anilines is 1. The van der Waals surface area contributed by atoms with Crippen LogP contribution in [0.15, 0.2) is 82.7 Å². The number of benzene rings is 2. The molecule has 28 heavy (non-hydrogen) atoms. The molecule has 0 spiro atoms. The molecule has 0 saturated heterocycles. The Balaban J connectivity index is 1.89. The van der Waals surface area contributed by atoms with Crippen LogP contribution in [0.5, 0.6) is 5.75 Å². The third-order valence-electron chi connectivity index (χ3n) is 4.49. The number of phenolic OH excluding ortho intramolecular Hbond substituents is 1. The van der Waals surface area contributed by atoms with Crippen LogP contribution in [0, 0.1) is 5.82 Å². The molecule has 2 heterocycles. The third kappa shape index (κ3) is 2.83. The number of aromatic hydroxyl groups is 1. The molecule has 1 aromatic heterocycles. The molecule has 0 bridgehead atoms. The van der Waals surface area contributed by atoms with Crippen molar-refractivity contribution in [2.75, 3.05) is 4.90 Å². The molecule has 1 aliphatic rings. The smallest absolute Gasteiger partial charge is 0.294 e. The zero-order chi connectivity index (χ0) is 19.8. The van der Waals surface area contributed by atoms with Crippen molar-refractivity contribution in [3.63, 3.8) is 0 Å². The fraction of sp³-hybridized carbons (Fsp3) is 0.0476. The highest BCUT2D eigenvalue weighted by atomic mass is 19.1. The number of amides is 1. The first-order valence-corrected chi connectivity index (χ1v) is 8.37. The Kier molecular flexibility index (Phi) is 4.19. The molecule has 1 aliphatic heterocycles. The summed E-state index contributed by atoms with van der Waals surface area (Å²) < 4.78 is 18.5. The molecular formula is C21H14FNO5. The quantitative estimate of drug-likeness (QED) is 0.671. The highest BCUT2D eigenvalue weighted by Gasteiger charge is 2.45. The number of halogens is 1. The Morgan fingerprint density at radius 3 is 2.43 bits per heavy atom. The summed E-state index contributed by atoms with van der Waals surface area (Å²) in [6.45, 7) is 0. The van der Waals surface area contributed by atoms with Gasteiger partial charge in [0.05, 0.1) is 17.9 Å². The second-order valence-electron chi connectivity index (χ2n) is 6.22. The minimum Gasteiger partial charge on any atom is -0.508 e. The number of ketones is 1. The maximum Gasteiger partial charge on any atom is 0.294 e. The van der Waals surface area contributed by atoms with Crippen LogP contribution in [0.2, 0.25) is 0 Å². The molecule has 1 unspecified atom stereocenters. The van der Waals surface area contributed by atoms with Gasteiger partial charge in [-0.15, -0.1) is 0 Å². The molecule has 0 aliphatic carbocycles. The average molecular weight is 379 g/mol. The van der Waals surface area contributed by atoms with Gasteiger partial charge in [0, 0.05) is 5.69 Å². The van der Waals surface area contributed by atoms with Crippen molar-refractivity contribution in [3.8, 4) is 5.75 Å². The van der Waals surface area contributed by atoms with Crippen LogP contribution in [0.1, 0.15) is 22.2 Å². The predicted octanol–water partition coefficient (Wildman–Crippen LogP) is 3.91. The van der Waals surface area contributed by atoms with Gasteiger partial charge in [0.15, 0.2) is 11.5 Å². The third-order valence-corrected chi connectivity index (χ3v) is 4.49. The molecule has 7 heteroatoms. The molecule has 2 N–H and O–H groups in total. The number of hydrogen-bond donors (Lipinski definition) is 2. The largest absolute Gasteiger partial charge is 0.508 e. The maximum atomic E-state index is 13.3. The summed E-state index contributed by atoms with van der Waals surface area (Å²) in [6.07, 6.45) is 1.31. The molecule has 1 amide bonds. The predicted molar refractivity (Wildman–Crippen MR) is 97.4 cm³/mol. The van der Waals surface area contributed by atoms with Gasteiger partial charge in [0.2, 0.25) is 5.78 Å². The summed E-state index contributed by atoms with van der Waals surface area (Å²) >= 11 is 0. The Morgan fingerprint density at radius 2 is 1.79 bits per heavy atom. The standard InChI is InChI=1S/C21H14FNO5/c22-13-6-8-14(9-7-13)23-18(12-3-1-4-15(24)11-12)17(20(26)21(23)27)19(25)16-5-2-10-28-16/h1-11,18,24,26H. The number of rotatable bonds is 4. The lowest BCUT2D eigenvalue weighted by molar-refractivity contribution is -0.117. The minimum absolute atomic E-state index is 0.0412. The molecule has 140 valence electrons. The van der Waals surface area contributed by atoms with E-state index < -0.39 is 29.3 Å². The van der Waals surface area contributed by atoms with Gasteiger partial charge in [-0.3, -0.25) is 14.5 Å². The van der Waals surface area contributed by atoms with Crippen LogP contribution in [-0.4, -0.2) is 21.9 Å². The Labute approximate surface area is 158 Å². The van der Waals surface area contributed by atoms with Crippen molar-refractivity contribution in [2.45, 2.75) is 6.04 Å². The maximum absolute atomic E-state index is 13.3. The Morgan fingerprint density at radius 1 is 1.04 bits per heavy atom. The molecule has 3 aromatic rings. The van der Waals surface area contributed by atoms with Gasteiger partial charge in [-0.05, 0) is 54.1 Å². The summed E-state index contributed by atoms with van der Waals surface area (Å²) in [5.74, 6) is -2.79. The molecule has 0 fully saturated rings. The van der Waals surface area contributed by atoms with Crippen LogP contribution in [0.25, 0.3) is 0 Å². The summed E-state index contributed by atoms with van der Waals surface area (Å²) in [5, 5.41) is 20.4. The topological polar surface area (TPSA) is 91.0 Å². The molecule has 1 atom stereocenters. The van der Waals surface area contributed by atoms with E-state index in [1.165, 1.54) is 59.7 Å². The molecule has 6 nitrogen and oxygen atoms in total. The number of hydrogen-bond acceptors (Lipinski definition) is 5. The van der Waals surface area contributed by atoms with Crippen LogP contribution < -0.4 is 4.90 Å². The summed E-state index contributed by atoms with van der Waals surface area (Å²) in [4.78, 5) is 27.0. The number of carbonyl (C=O) groups excluding carboxylic acids is 2. The van der Waals surface area contributed by atoms with E-state index in [-0.39, 0.29) is 22.8 Å². The number of aliphatic hydroxyl groups excluding tert-OH is 1.